The van der Waals surface area contributed by atoms with Gasteiger partial charge in [-0.3, -0.25) is 4.79 Å². The lowest BCUT2D eigenvalue weighted by Gasteiger charge is -2.10. The zero-order valence-electron chi connectivity index (χ0n) is 16.4. The molecule has 1 N–H and O–H groups in total. The number of nitrogens with zero attached hydrogens (tertiary/aromatic N) is 2. The van der Waals surface area contributed by atoms with Crippen LogP contribution in [0.15, 0.2) is 77.8 Å². The predicted molar refractivity (Wildman–Crippen MR) is 120 cm³/mol. The number of amides is 1. The molecule has 0 radical (unpaired) electrons. The summed E-state index contributed by atoms with van der Waals surface area (Å²) in [6, 6.07) is 21.5. The summed E-state index contributed by atoms with van der Waals surface area (Å²) in [5, 5.41) is 4.54. The van der Waals surface area contributed by atoms with Crippen LogP contribution in [0.1, 0.15) is 12.5 Å². The van der Waals surface area contributed by atoms with Crippen molar-refractivity contribution in [1.82, 2.24) is 9.97 Å². The monoisotopic (exact) mass is 417 g/mol. The summed E-state index contributed by atoms with van der Waals surface area (Å²) in [6.07, 6.45) is 0.897. The molecule has 4 nitrogen and oxygen atoms in total. The first-order chi connectivity index (χ1) is 14.6. The molecule has 30 heavy (non-hydrogen) atoms. The smallest absolute Gasteiger partial charge is 0.234 e. The number of hydrogen-bond acceptors (Lipinski definition) is 4. The predicted octanol–water partition coefficient (Wildman–Crippen LogP) is 5.73. The van der Waals surface area contributed by atoms with Crippen molar-refractivity contribution >= 4 is 34.3 Å². The molecule has 0 atom stereocenters. The highest BCUT2D eigenvalue weighted by atomic mass is 32.2. The average Bonchev–Trinajstić information content (AvgIpc) is 2.78. The number of para-hydroxylation sites is 1. The number of nitrogens with one attached hydrogen (secondary N) is 1. The van der Waals surface area contributed by atoms with Crippen LogP contribution in [0.5, 0.6) is 0 Å². The van der Waals surface area contributed by atoms with Gasteiger partial charge in [0.1, 0.15) is 10.8 Å². The van der Waals surface area contributed by atoms with Crippen LogP contribution in [0, 0.1) is 5.82 Å². The fourth-order valence-corrected chi connectivity index (χ4v) is 3.87. The second-order valence-corrected chi connectivity index (χ2v) is 7.73. The molecule has 0 spiro atoms. The van der Waals surface area contributed by atoms with Gasteiger partial charge >= 0.3 is 0 Å². The molecule has 1 heterocycles. The number of fused-ring (bicyclic) bond motifs is 1. The molecule has 0 aliphatic heterocycles. The molecule has 0 saturated carbocycles. The van der Waals surface area contributed by atoms with E-state index >= 15 is 0 Å². The van der Waals surface area contributed by atoms with Crippen molar-refractivity contribution in [2.75, 3.05) is 11.1 Å². The van der Waals surface area contributed by atoms with E-state index in [9.17, 15) is 9.18 Å². The van der Waals surface area contributed by atoms with Gasteiger partial charge in [0.25, 0.3) is 0 Å². The Hall–Kier alpha value is -3.25. The van der Waals surface area contributed by atoms with E-state index in [0.29, 0.717) is 5.82 Å². The van der Waals surface area contributed by atoms with Crippen molar-refractivity contribution < 1.29 is 9.18 Å². The summed E-state index contributed by atoms with van der Waals surface area (Å²) in [6.45, 7) is 2.09. The van der Waals surface area contributed by atoms with Crippen LogP contribution >= 0.6 is 11.8 Å². The van der Waals surface area contributed by atoms with Gasteiger partial charge in [-0.05, 0) is 60.5 Å². The SMILES string of the molecule is CCc1ccc2nc(-c3ccc(F)cc3)nc(SCC(=O)Nc3ccccc3)c2c1. The third kappa shape index (κ3) is 4.66. The van der Waals surface area contributed by atoms with Gasteiger partial charge in [-0.25, -0.2) is 14.4 Å². The van der Waals surface area contributed by atoms with E-state index in [4.69, 9.17) is 4.98 Å². The van der Waals surface area contributed by atoms with E-state index in [1.807, 2.05) is 42.5 Å². The maximum Gasteiger partial charge on any atom is 0.234 e. The molecule has 4 aromatic rings. The van der Waals surface area contributed by atoms with E-state index < -0.39 is 0 Å². The van der Waals surface area contributed by atoms with Gasteiger partial charge in [-0.1, -0.05) is 43.0 Å². The summed E-state index contributed by atoms with van der Waals surface area (Å²) >= 11 is 1.37. The summed E-state index contributed by atoms with van der Waals surface area (Å²) < 4.78 is 13.3. The molecule has 6 heteroatoms. The van der Waals surface area contributed by atoms with Crippen molar-refractivity contribution in [2.24, 2.45) is 0 Å². The van der Waals surface area contributed by atoms with Crippen molar-refractivity contribution in [3.8, 4) is 11.4 Å². The van der Waals surface area contributed by atoms with Crippen LogP contribution in [-0.4, -0.2) is 21.6 Å². The standard InChI is InChI=1S/C24H20FN3OS/c1-2-16-8-13-21-20(14-16)24(28-23(27-21)17-9-11-18(25)12-10-17)30-15-22(29)26-19-6-4-3-5-7-19/h3-14H,2,15H2,1H3,(H,26,29). The number of rotatable bonds is 6. The zero-order valence-corrected chi connectivity index (χ0v) is 17.2. The van der Waals surface area contributed by atoms with Crippen LogP contribution in [-0.2, 0) is 11.2 Å². The lowest BCUT2D eigenvalue weighted by Crippen LogP contribution is -2.14. The number of anilines is 1. The van der Waals surface area contributed by atoms with E-state index in [0.717, 1.165) is 33.6 Å². The maximum absolute atomic E-state index is 13.3. The van der Waals surface area contributed by atoms with E-state index in [1.165, 1.54) is 29.5 Å². The molecule has 0 bridgehead atoms. The van der Waals surface area contributed by atoms with E-state index in [2.05, 4.69) is 23.3 Å². The molecule has 0 fully saturated rings. The van der Waals surface area contributed by atoms with Gasteiger partial charge in [0.05, 0.1) is 11.3 Å². The normalized spacial score (nSPS) is 10.9. The lowest BCUT2D eigenvalue weighted by molar-refractivity contribution is -0.113. The van der Waals surface area contributed by atoms with Gasteiger partial charge in [0, 0.05) is 16.6 Å². The highest BCUT2D eigenvalue weighted by molar-refractivity contribution is 8.00. The first kappa shape index (κ1) is 20.0. The fourth-order valence-electron chi connectivity index (χ4n) is 3.06. The Morgan fingerprint density at radius 3 is 2.50 bits per heavy atom. The Morgan fingerprint density at radius 1 is 1.00 bits per heavy atom. The van der Waals surface area contributed by atoms with Crippen LogP contribution in [0.3, 0.4) is 0 Å². The maximum atomic E-state index is 13.3. The Kier molecular flexibility index (Phi) is 6.05. The van der Waals surface area contributed by atoms with E-state index in [-0.39, 0.29) is 17.5 Å². The van der Waals surface area contributed by atoms with Crippen LogP contribution < -0.4 is 5.32 Å². The van der Waals surface area contributed by atoms with Gasteiger partial charge in [0.15, 0.2) is 5.82 Å². The Bertz CT molecular complexity index is 1180. The topological polar surface area (TPSA) is 54.9 Å². The van der Waals surface area contributed by atoms with Crippen molar-refractivity contribution in [3.63, 3.8) is 0 Å². The Balaban J connectivity index is 1.65. The van der Waals surface area contributed by atoms with Crippen LogP contribution in [0.2, 0.25) is 0 Å². The Labute approximate surface area is 178 Å². The second kappa shape index (κ2) is 9.05. The molecular weight excluding hydrogens is 397 g/mol. The minimum Gasteiger partial charge on any atom is -0.325 e. The molecule has 0 saturated heterocycles. The molecule has 3 aromatic carbocycles. The van der Waals surface area contributed by atoms with Gasteiger partial charge < -0.3 is 5.32 Å². The number of carbonyl (C=O) groups excluding carboxylic acids is 1. The molecule has 0 unspecified atom stereocenters. The number of aromatic nitrogens is 2. The third-order valence-corrected chi connectivity index (χ3v) is 5.62. The first-order valence-electron chi connectivity index (χ1n) is 9.66. The molecule has 0 aliphatic rings. The molecule has 1 aromatic heterocycles. The summed E-state index contributed by atoms with van der Waals surface area (Å²) in [5.74, 6) is 0.324. The number of aryl methyl sites for hydroxylation is 1. The first-order valence-corrected chi connectivity index (χ1v) is 10.7. The molecule has 4 rings (SSSR count). The van der Waals surface area contributed by atoms with Gasteiger partial charge in [-0.2, -0.15) is 0 Å². The van der Waals surface area contributed by atoms with E-state index in [1.54, 1.807) is 12.1 Å². The number of benzene rings is 3. The fraction of sp³-hybridized carbons (Fsp3) is 0.125. The van der Waals surface area contributed by atoms with Gasteiger partial charge in [-0.15, -0.1) is 0 Å². The largest absolute Gasteiger partial charge is 0.325 e. The third-order valence-electron chi connectivity index (χ3n) is 4.63. The number of halogens is 1. The average molecular weight is 418 g/mol. The van der Waals surface area contributed by atoms with Crippen LogP contribution in [0.25, 0.3) is 22.3 Å². The molecule has 150 valence electrons. The Morgan fingerprint density at radius 2 is 1.77 bits per heavy atom. The van der Waals surface area contributed by atoms with Crippen molar-refractivity contribution in [2.45, 2.75) is 18.4 Å². The second-order valence-electron chi connectivity index (χ2n) is 6.77. The lowest BCUT2D eigenvalue weighted by atomic mass is 10.1. The highest BCUT2D eigenvalue weighted by Crippen LogP contribution is 2.29. The van der Waals surface area contributed by atoms with Crippen molar-refractivity contribution in [1.29, 1.82) is 0 Å². The summed E-state index contributed by atoms with van der Waals surface area (Å²) in [4.78, 5) is 21.8. The van der Waals surface area contributed by atoms with Gasteiger partial charge in [0.2, 0.25) is 5.91 Å². The molecular formula is C24H20FN3OS. The number of thioether (sulfide) groups is 1. The minimum absolute atomic E-state index is 0.104. The number of hydrogen-bond donors (Lipinski definition) is 1. The minimum atomic E-state index is -0.306. The molecule has 0 aliphatic carbocycles. The highest BCUT2D eigenvalue weighted by Gasteiger charge is 2.13. The van der Waals surface area contributed by atoms with Crippen LogP contribution in [0.4, 0.5) is 10.1 Å². The summed E-state index contributed by atoms with van der Waals surface area (Å²) in [5.41, 5.74) is 3.47. The quantitative estimate of drug-likeness (QED) is 0.322. The summed E-state index contributed by atoms with van der Waals surface area (Å²) in [7, 11) is 0. The number of carbonyl (C=O) groups is 1. The molecule has 1 amide bonds. The van der Waals surface area contributed by atoms with Crippen molar-refractivity contribution in [3.05, 3.63) is 84.2 Å². The zero-order chi connectivity index (χ0) is 20.9.